The van der Waals surface area contributed by atoms with Gasteiger partial charge in [0.15, 0.2) is 73.5 Å². The lowest BCUT2D eigenvalue weighted by atomic mass is 9.95. The van der Waals surface area contributed by atoms with Crippen molar-refractivity contribution in [3.63, 3.8) is 0 Å². The lowest BCUT2D eigenvalue weighted by molar-refractivity contribution is -0.296. The second-order valence-corrected chi connectivity index (χ2v) is 26.0. The summed E-state index contributed by atoms with van der Waals surface area (Å²) in [6.45, 7) is 8.92. The molecule has 618 valence electrons. The predicted octanol–water partition coefficient (Wildman–Crippen LogP) is 3.16. The molecule has 111 heavy (non-hydrogen) atoms. The van der Waals surface area contributed by atoms with Crippen LogP contribution in [0, 0.1) is 12.8 Å². The number of pyridine rings is 2. The Morgan fingerprint density at radius 3 is 0.856 bits per heavy atom. The quantitative estimate of drug-likeness (QED) is 0.0302. The van der Waals surface area contributed by atoms with Gasteiger partial charge in [0, 0.05) is 95.5 Å². The van der Waals surface area contributed by atoms with E-state index in [1.807, 2.05) is 6.07 Å². The van der Waals surface area contributed by atoms with Gasteiger partial charge in [0.05, 0.1) is 12.4 Å². The molecule has 3 aliphatic heterocycles. The minimum Gasteiger partial charge on any atom is -0.508 e. The monoisotopic (exact) mass is 1660 g/mol. The summed E-state index contributed by atoms with van der Waals surface area (Å²) < 4.78 is 187. The maximum atomic E-state index is 15.1. The van der Waals surface area contributed by atoms with Gasteiger partial charge in [0.25, 0.3) is 0 Å². The van der Waals surface area contributed by atoms with Crippen LogP contribution in [0.3, 0.4) is 0 Å². The molecule has 0 aliphatic carbocycles. The van der Waals surface area contributed by atoms with Crippen molar-refractivity contribution < 1.29 is 204 Å². The van der Waals surface area contributed by atoms with Gasteiger partial charge in [-0.3, -0.25) is 81.8 Å². The summed E-state index contributed by atoms with van der Waals surface area (Å²) in [5.74, 6) is -11.4. The highest BCUT2D eigenvalue weighted by atomic mass is 31.2. The number of rotatable bonds is 28. The average Bonchev–Trinajstić information content (AvgIpc) is 0.785. The number of terminal acetylenes is 1. The van der Waals surface area contributed by atoms with E-state index in [1.165, 1.54) is 43.1 Å². The van der Waals surface area contributed by atoms with Gasteiger partial charge in [-0.15, -0.1) is 12.8 Å². The summed E-state index contributed by atoms with van der Waals surface area (Å²) in [7, 11) is -15.4. The molecule has 3 fully saturated rings. The van der Waals surface area contributed by atoms with Crippen molar-refractivity contribution in [2.24, 2.45) is 0 Å². The number of phenolic OH excluding ortho intramolecular Hbond substituents is 1. The van der Waals surface area contributed by atoms with Crippen molar-refractivity contribution in [2.75, 3.05) is 19.8 Å². The molecule has 1 aromatic carbocycles. The second-order valence-electron chi connectivity index (χ2n) is 22.2. The molecule has 0 saturated carbocycles. The number of ether oxygens (including phenoxy) is 15. The number of hydrogen-bond donors (Lipinski definition) is 5. The van der Waals surface area contributed by atoms with E-state index in [9.17, 15) is 85.4 Å². The highest BCUT2D eigenvalue weighted by Gasteiger charge is 2.60. The van der Waals surface area contributed by atoms with E-state index in [0.717, 1.165) is 95.5 Å². The van der Waals surface area contributed by atoms with Crippen molar-refractivity contribution in [2.45, 2.75) is 194 Å². The Hall–Kier alpha value is -9.80. The molecule has 3 saturated heterocycles. The molecule has 48 heteroatoms. The summed E-state index contributed by atoms with van der Waals surface area (Å²) in [5.41, 5.74) is 0. The van der Waals surface area contributed by atoms with Crippen molar-refractivity contribution in [3.05, 3.63) is 79.4 Å². The van der Waals surface area contributed by atoms with Crippen molar-refractivity contribution in [1.82, 2.24) is 9.97 Å². The third-order valence-corrected chi connectivity index (χ3v) is 15.2. The van der Waals surface area contributed by atoms with E-state index in [4.69, 9.17) is 91.2 Å². The smallest absolute Gasteiger partial charge is 0.508 e. The van der Waals surface area contributed by atoms with Crippen LogP contribution in [-0.2, 0) is 156 Å². The minimum absolute atomic E-state index is 0.188. The maximum Gasteiger partial charge on any atom is 0.529 e. The third-order valence-electron chi connectivity index (χ3n) is 12.9. The van der Waals surface area contributed by atoms with E-state index in [-0.39, 0.29) is 11.5 Å². The lowest BCUT2D eigenvalue weighted by Gasteiger charge is -2.44. The van der Waals surface area contributed by atoms with E-state index < -0.39 is 226 Å². The molecule has 3 aliphatic rings. The first-order valence-electron chi connectivity index (χ1n) is 32.0. The van der Waals surface area contributed by atoms with E-state index in [1.54, 1.807) is 24.3 Å². The molecule has 42 nitrogen and oxygen atoms in total. The normalized spacial score (nSPS) is 24.9. The van der Waals surface area contributed by atoms with Crippen LogP contribution in [0.4, 0.5) is 13.2 Å². The number of phosphoric ester groups is 3. The predicted molar refractivity (Wildman–Crippen MR) is 353 cm³/mol. The zero-order valence-corrected chi connectivity index (χ0v) is 63.2. The fourth-order valence-corrected chi connectivity index (χ4v) is 11.5. The number of para-hydroxylation sites is 1. The van der Waals surface area contributed by atoms with Gasteiger partial charge in [-0.25, -0.2) is 35.9 Å². The number of alkyl halides is 3. The van der Waals surface area contributed by atoms with Crippen LogP contribution >= 0.6 is 23.5 Å². The SMILES string of the molecule is CC(=O)OC[C@H](F)C1O[C@@H](OP(=O)(O)O)[C@H](OC(C)=O)C(OC(C)=O)[C@@H]1OC(C)=O.CC(=O)OC[C@H](F)C1O[C@@H](OP(=O)(O)Oc2cccnc2)[C@H](OC(C)=O)C(OC(C)=O)[C@@H]1OC(C)=O.CC(=O)OC[C@H](F)C1O[C@@H](OP(=O)(O)Oc2cccnc2)[C@H](OC(C)=O)C(OC(C)=O)[C@@H]1OC(C)=O.Oc1ccccc1.[2H]C#C. The highest BCUT2D eigenvalue weighted by Crippen LogP contribution is 2.50. The summed E-state index contributed by atoms with van der Waals surface area (Å²) in [6, 6.07) is 14.1. The number of nitrogens with zero attached hydrogens (tertiary/aromatic N) is 2. The number of carbonyl (C=O) groups is 12. The molecule has 0 spiro atoms. The van der Waals surface area contributed by atoms with Crippen molar-refractivity contribution in [3.8, 4) is 30.1 Å². The van der Waals surface area contributed by atoms with Gasteiger partial charge in [-0.05, 0) is 36.4 Å². The average molecular weight is 1660 g/mol. The third kappa shape index (κ3) is 36.7. The molecule has 5 heterocycles. The lowest BCUT2D eigenvalue weighted by Crippen LogP contribution is -2.64. The van der Waals surface area contributed by atoms with Crippen LogP contribution in [0.25, 0.3) is 0 Å². The molecular weight excluding hydrogens is 1570 g/mol. The Kier molecular flexibility index (Phi) is 40.2. The number of hydrogen-bond acceptors (Lipinski definition) is 38. The zero-order chi connectivity index (χ0) is 85.1. The molecule has 20 atom stereocenters. The summed E-state index contributed by atoms with van der Waals surface area (Å²) >= 11 is 0. The second kappa shape index (κ2) is 46.8. The van der Waals surface area contributed by atoms with E-state index in [0.29, 0.717) is 5.75 Å². The van der Waals surface area contributed by atoms with E-state index in [2.05, 4.69) is 35.1 Å². The summed E-state index contributed by atoms with van der Waals surface area (Å²) in [4.78, 5) is 185. The van der Waals surface area contributed by atoms with Gasteiger partial charge in [-0.1, -0.05) is 18.2 Å². The standard InChI is InChI=1S/2C20H25FNO13P.C15H22FO13P.C6H6O.C2H2/c2*1-10(23)29-9-15(21)16-17(30-11(2)24)18(31-12(3)25)19(32-13(4)26)20(33-16)35-36(27,28)34-14-6-5-7-22-8-14;1-6(17)24-5-10(16)11-12(25-7(2)18)13(26-8(3)19)14(27-9(4)20)15(28-11)29-30(21,22)23;7-6-4-2-1-3-5-6;1-2/h2*5-8,15-20H,9H2,1-4H3,(H,27,28);10-15H,5H2,1-4H3,(H2,21,22,23);1-5,7H;1-2H/t2*15-,16?,17+,18?,19+,20-;10-,11?,12+,13?,14+,15-;;/m000../s1/i;;;;1D. The number of aromatic nitrogens is 2. The van der Waals surface area contributed by atoms with Gasteiger partial charge < -0.3 is 95.0 Å². The van der Waals surface area contributed by atoms with Gasteiger partial charge in [0.1, 0.15) is 56.8 Å². The number of aromatic hydroxyl groups is 1. The fraction of sp³-hybridized carbons (Fsp3) is 0.524. The Morgan fingerprint density at radius 2 is 0.649 bits per heavy atom. The number of phenols is 1. The first kappa shape index (κ1) is 95.4. The maximum absolute atomic E-state index is 15.1. The summed E-state index contributed by atoms with van der Waals surface area (Å²) in [6.07, 6.45) is -24.0. The van der Waals surface area contributed by atoms with Crippen LogP contribution in [0.1, 0.15) is 84.5 Å². The molecule has 0 radical (unpaired) electrons. The van der Waals surface area contributed by atoms with E-state index >= 15 is 8.78 Å². The van der Waals surface area contributed by atoms with Gasteiger partial charge in [0.2, 0.25) is 18.9 Å². The number of esters is 12. The highest BCUT2D eigenvalue weighted by molar-refractivity contribution is 7.48. The Balaban J connectivity index is 0.000000537. The van der Waals surface area contributed by atoms with Crippen LogP contribution in [0.15, 0.2) is 79.4 Å². The molecule has 0 amide bonds. The summed E-state index contributed by atoms with van der Waals surface area (Å²) in [5, 5.41) is 8.63. The first-order chi connectivity index (χ1) is 52.1. The van der Waals surface area contributed by atoms with Crippen molar-refractivity contribution in [1.29, 1.82) is 0 Å². The Morgan fingerprint density at radius 1 is 0.405 bits per heavy atom. The zero-order valence-electron chi connectivity index (χ0n) is 61.5. The van der Waals surface area contributed by atoms with Crippen LogP contribution < -0.4 is 9.05 Å². The molecule has 6 rings (SSSR count). The minimum atomic E-state index is -5.28. The molecule has 3 aromatic rings. The van der Waals surface area contributed by atoms with Crippen molar-refractivity contribution >= 4 is 95.1 Å². The first-order valence-corrected chi connectivity index (χ1v) is 36.0. The number of carbonyl (C=O) groups excluding carboxylic acids is 12. The molecule has 0 bridgehead atoms. The topological polar surface area (TPSA) is 568 Å². The van der Waals surface area contributed by atoms with Crippen LogP contribution in [-0.4, -0.2) is 237 Å². The molecule has 5 N–H and O–H groups in total. The number of phosphoric acid groups is 3. The Bertz CT molecular complexity index is 3660. The molecule has 2 aromatic heterocycles. The molecule has 8 unspecified atom stereocenters. The molecular formula is C63H80F3N2O40P3. The fourth-order valence-electron chi connectivity index (χ4n) is 9.35. The largest absolute Gasteiger partial charge is 0.529 e. The van der Waals surface area contributed by atoms with Crippen LogP contribution in [0.5, 0.6) is 17.2 Å². The Labute approximate surface area is 630 Å². The van der Waals surface area contributed by atoms with Gasteiger partial charge >= 0.3 is 95.1 Å². The van der Waals surface area contributed by atoms with Crippen LogP contribution in [0.2, 0.25) is 0 Å². The number of halogens is 3. The number of benzene rings is 1. The van der Waals surface area contributed by atoms with Gasteiger partial charge in [-0.2, -0.15) is 0 Å².